The molecule has 2 heterocycles. The third-order valence-electron chi connectivity index (χ3n) is 8.84. The van der Waals surface area contributed by atoms with E-state index in [0.29, 0.717) is 17.5 Å². The molecule has 1 aliphatic heterocycles. The van der Waals surface area contributed by atoms with E-state index in [9.17, 15) is 0 Å². The maximum Gasteiger partial charge on any atom is 0.164 e. The normalized spacial score (nSPS) is 13.6. The topological polar surface area (TPSA) is 80.0 Å². The third kappa shape index (κ3) is 5.54. The van der Waals surface area contributed by atoms with Crippen LogP contribution in [0.4, 0.5) is 22.7 Å². The molecule has 0 fully saturated rings. The zero-order valence-corrected chi connectivity index (χ0v) is 26.6. The average Bonchev–Trinajstić information content (AvgIpc) is 3.54. The second-order valence-corrected chi connectivity index (χ2v) is 11.9. The molecule has 0 saturated carbocycles. The van der Waals surface area contributed by atoms with Crippen molar-refractivity contribution < 1.29 is 0 Å². The van der Waals surface area contributed by atoms with Crippen LogP contribution in [0.15, 0.2) is 152 Å². The van der Waals surface area contributed by atoms with E-state index in [1.807, 2.05) is 66.7 Å². The van der Waals surface area contributed by atoms with Gasteiger partial charge in [0.05, 0.1) is 11.4 Å². The lowest BCUT2D eigenvalue weighted by Gasteiger charge is -2.26. The van der Waals surface area contributed by atoms with Gasteiger partial charge in [-0.2, -0.15) is 0 Å². The number of fused-ring (bicyclic) bond motifs is 1. The first-order chi connectivity index (χ1) is 23.6. The minimum atomic E-state index is 0.218. The standard InChI is InChI=1S/C42H34N6/c1-2-39-44-37-15-9-10-16-38(37)48(39)34-24-21-28(22-25-34)35-26-23-33(43)27-36(35)29-17-19-32(20-18-29)42-46-40(30-11-5-3-6-12-30)45-41(47-42)31-13-7-4-8-14-31/h3-27,39,44H,2,43H2,1H3. The van der Waals surface area contributed by atoms with Crippen LogP contribution in [0.25, 0.3) is 56.4 Å². The van der Waals surface area contributed by atoms with Gasteiger partial charge in [-0.3, -0.25) is 0 Å². The van der Waals surface area contributed by atoms with Gasteiger partial charge in [-0.15, -0.1) is 0 Å². The summed E-state index contributed by atoms with van der Waals surface area (Å²) in [5.74, 6) is 1.91. The van der Waals surface area contributed by atoms with Gasteiger partial charge in [0, 0.05) is 28.1 Å². The van der Waals surface area contributed by atoms with Crippen LogP contribution in [0, 0.1) is 0 Å². The molecule has 6 nitrogen and oxygen atoms in total. The van der Waals surface area contributed by atoms with Crippen molar-refractivity contribution in [1.29, 1.82) is 0 Å². The lowest BCUT2D eigenvalue weighted by molar-refractivity contribution is 0.728. The van der Waals surface area contributed by atoms with Gasteiger partial charge in [0.2, 0.25) is 0 Å². The summed E-state index contributed by atoms with van der Waals surface area (Å²) in [7, 11) is 0. The molecule has 0 bridgehead atoms. The van der Waals surface area contributed by atoms with Crippen molar-refractivity contribution in [1.82, 2.24) is 15.0 Å². The van der Waals surface area contributed by atoms with E-state index in [0.717, 1.165) is 56.7 Å². The molecule has 1 aliphatic rings. The number of nitrogens with two attached hydrogens (primary N) is 1. The first-order valence-corrected chi connectivity index (χ1v) is 16.3. The molecule has 8 rings (SSSR count). The maximum atomic E-state index is 6.35. The molecule has 232 valence electrons. The molecule has 0 aliphatic carbocycles. The number of benzene rings is 6. The van der Waals surface area contributed by atoms with E-state index in [2.05, 4.69) is 102 Å². The first-order valence-electron chi connectivity index (χ1n) is 16.3. The van der Waals surface area contributed by atoms with Gasteiger partial charge in [0.1, 0.15) is 6.17 Å². The summed E-state index contributed by atoms with van der Waals surface area (Å²) in [5.41, 5.74) is 17.8. The summed E-state index contributed by atoms with van der Waals surface area (Å²) < 4.78 is 0. The van der Waals surface area contributed by atoms with Crippen molar-refractivity contribution in [2.75, 3.05) is 16.0 Å². The minimum absolute atomic E-state index is 0.218. The number of hydrogen-bond donors (Lipinski definition) is 2. The maximum absolute atomic E-state index is 6.35. The van der Waals surface area contributed by atoms with E-state index in [1.165, 1.54) is 11.4 Å². The largest absolute Gasteiger partial charge is 0.399 e. The molecular weight excluding hydrogens is 589 g/mol. The Morgan fingerprint density at radius 2 is 1.04 bits per heavy atom. The van der Waals surface area contributed by atoms with Crippen molar-refractivity contribution in [3.05, 3.63) is 152 Å². The van der Waals surface area contributed by atoms with Crippen LogP contribution in [0.1, 0.15) is 13.3 Å². The van der Waals surface area contributed by atoms with Gasteiger partial charge in [-0.05, 0) is 65.1 Å². The average molecular weight is 623 g/mol. The Kier molecular flexibility index (Phi) is 7.59. The van der Waals surface area contributed by atoms with Crippen molar-refractivity contribution in [3.8, 4) is 56.4 Å². The van der Waals surface area contributed by atoms with Gasteiger partial charge < -0.3 is 16.0 Å². The van der Waals surface area contributed by atoms with Crippen LogP contribution in [-0.4, -0.2) is 21.1 Å². The predicted octanol–water partition coefficient (Wildman–Crippen LogP) is 10.1. The van der Waals surface area contributed by atoms with Crippen LogP contribution in [0.3, 0.4) is 0 Å². The highest BCUT2D eigenvalue weighted by atomic mass is 15.3. The van der Waals surface area contributed by atoms with E-state index in [-0.39, 0.29) is 6.17 Å². The van der Waals surface area contributed by atoms with Crippen LogP contribution >= 0.6 is 0 Å². The number of nitrogens with zero attached hydrogens (tertiary/aromatic N) is 4. The van der Waals surface area contributed by atoms with Crippen molar-refractivity contribution in [3.63, 3.8) is 0 Å². The fourth-order valence-electron chi connectivity index (χ4n) is 6.41. The lowest BCUT2D eigenvalue weighted by Crippen LogP contribution is -2.30. The van der Waals surface area contributed by atoms with Gasteiger partial charge in [-0.1, -0.05) is 122 Å². The fraction of sp³-hybridized carbons (Fsp3) is 0.0714. The van der Waals surface area contributed by atoms with E-state index < -0.39 is 0 Å². The molecule has 0 radical (unpaired) electrons. The highest BCUT2D eigenvalue weighted by molar-refractivity contribution is 5.88. The highest BCUT2D eigenvalue weighted by Gasteiger charge is 2.28. The second-order valence-electron chi connectivity index (χ2n) is 11.9. The second kappa shape index (κ2) is 12.5. The first kappa shape index (κ1) is 29.2. The van der Waals surface area contributed by atoms with E-state index in [4.69, 9.17) is 20.7 Å². The zero-order chi connectivity index (χ0) is 32.5. The molecule has 6 heteroatoms. The molecule has 0 saturated heterocycles. The quantitative estimate of drug-likeness (QED) is 0.172. The van der Waals surface area contributed by atoms with Crippen LogP contribution in [0.2, 0.25) is 0 Å². The van der Waals surface area contributed by atoms with E-state index >= 15 is 0 Å². The Morgan fingerprint density at radius 1 is 0.542 bits per heavy atom. The smallest absolute Gasteiger partial charge is 0.164 e. The molecule has 6 aromatic carbocycles. The number of nitrogens with one attached hydrogen (secondary N) is 1. The summed E-state index contributed by atoms with van der Waals surface area (Å²) in [6, 6.07) is 51.9. The number of nitrogen functional groups attached to an aromatic ring is 1. The molecule has 1 atom stereocenters. The number of para-hydroxylation sites is 2. The Morgan fingerprint density at radius 3 is 1.65 bits per heavy atom. The summed E-state index contributed by atoms with van der Waals surface area (Å²) in [6.07, 6.45) is 1.20. The summed E-state index contributed by atoms with van der Waals surface area (Å²) in [5, 5.41) is 3.65. The molecule has 0 spiro atoms. The Bertz CT molecular complexity index is 2140. The summed E-state index contributed by atoms with van der Waals surface area (Å²) in [4.78, 5) is 17.0. The number of rotatable bonds is 7. The molecular formula is C42H34N6. The van der Waals surface area contributed by atoms with Crippen LogP contribution in [0.5, 0.6) is 0 Å². The van der Waals surface area contributed by atoms with Gasteiger partial charge >= 0.3 is 0 Å². The highest BCUT2D eigenvalue weighted by Crippen LogP contribution is 2.42. The molecule has 7 aromatic rings. The molecule has 1 aromatic heterocycles. The van der Waals surface area contributed by atoms with E-state index in [1.54, 1.807) is 0 Å². The van der Waals surface area contributed by atoms with Crippen molar-refractivity contribution in [2.45, 2.75) is 19.5 Å². The Hall–Kier alpha value is -6.27. The zero-order valence-electron chi connectivity index (χ0n) is 26.6. The van der Waals surface area contributed by atoms with Crippen LogP contribution < -0.4 is 16.0 Å². The fourth-order valence-corrected chi connectivity index (χ4v) is 6.41. The summed E-state index contributed by atoms with van der Waals surface area (Å²) >= 11 is 0. The lowest BCUT2D eigenvalue weighted by atomic mass is 9.93. The number of aromatic nitrogens is 3. The van der Waals surface area contributed by atoms with Crippen molar-refractivity contribution in [2.24, 2.45) is 0 Å². The van der Waals surface area contributed by atoms with Crippen LogP contribution in [-0.2, 0) is 0 Å². The predicted molar refractivity (Wildman–Crippen MR) is 198 cm³/mol. The number of hydrogen-bond acceptors (Lipinski definition) is 6. The SMILES string of the molecule is CCC1Nc2ccccc2N1c1ccc(-c2ccc(N)cc2-c2ccc(-c3nc(-c4ccccc4)nc(-c4ccccc4)n3)cc2)cc1. The summed E-state index contributed by atoms with van der Waals surface area (Å²) in [6.45, 7) is 2.21. The molecule has 1 unspecified atom stereocenters. The minimum Gasteiger partial charge on any atom is -0.399 e. The Balaban J connectivity index is 1.14. The Labute approximate surface area is 280 Å². The van der Waals surface area contributed by atoms with Gasteiger partial charge in [0.25, 0.3) is 0 Å². The molecule has 3 N–H and O–H groups in total. The van der Waals surface area contributed by atoms with Gasteiger partial charge in [0.15, 0.2) is 17.5 Å². The number of anilines is 4. The monoisotopic (exact) mass is 622 g/mol. The van der Waals surface area contributed by atoms with Crippen molar-refractivity contribution >= 4 is 22.7 Å². The third-order valence-corrected chi connectivity index (χ3v) is 8.84. The van der Waals surface area contributed by atoms with Gasteiger partial charge in [-0.25, -0.2) is 15.0 Å². The molecule has 48 heavy (non-hydrogen) atoms. The molecule has 0 amide bonds.